The minimum absolute atomic E-state index is 0.508. The van der Waals surface area contributed by atoms with Gasteiger partial charge in [0.05, 0.1) is 22.1 Å². The SMILES string of the molecule is c1ccc(-c2nc(-c3cccc4oc(-c5ccccc5)nc34)nc(-n3c4ccccc4c4ccc5c6ccccc6n(-c6ccccc6)c5c43)n2)cc1. The Labute approximate surface area is 303 Å². The summed E-state index contributed by atoms with van der Waals surface area (Å²) in [4.78, 5) is 20.7. The minimum atomic E-state index is 0.508. The molecule has 0 N–H and O–H groups in total. The van der Waals surface area contributed by atoms with E-state index >= 15 is 0 Å². The van der Waals surface area contributed by atoms with Crippen LogP contribution in [0.3, 0.4) is 0 Å². The molecule has 0 saturated heterocycles. The van der Waals surface area contributed by atoms with E-state index in [9.17, 15) is 0 Å². The second kappa shape index (κ2) is 11.6. The Morgan fingerprint density at radius 3 is 1.66 bits per heavy atom. The van der Waals surface area contributed by atoms with Crippen LogP contribution in [0.1, 0.15) is 0 Å². The van der Waals surface area contributed by atoms with Crippen LogP contribution < -0.4 is 0 Å². The topological polar surface area (TPSA) is 74.6 Å². The molecule has 4 aromatic heterocycles. The standard InChI is InChI=1S/C46H28N6O/c1-4-15-29(16-5-1)43-48-44(36-23-14-26-39-40(36)47-45(53-39)30-17-6-2-7-18-30)50-46(49-43)52-38-25-13-11-22-33(38)35-28-27-34-32-21-10-12-24-37(32)51(41(34)42(35)52)31-19-8-3-9-20-31/h1-28H. The Bertz CT molecular complexity index is 3160. The molecule has 0 saturated carbocycles. The predicted molar refractivity (Wildman–Crippen MR) is 212 cm³/mol. The fourth-order valence-electron chi connectivity index (χ4n) is 7.69. The molecule has 248 valence electrons. The van der Waals surface area contributed by atoms with Crippen LogP contribution in [0.2, 0.25) is 0 Å². The van der Waals surface area contributed by atoms with Gasteiger partial charge in [0, 0.05) is 43.9 Å². The molecule has 0 radical (unpaired) electrons. The van der Waals surface area contributed by atoms with E-state index in [0.29, 0.717) is 34.6 Å². The molecule has 0 atom stereocenters. The summed E-state index contributed by atoms with van der Waals surface area (Å²) in [6, 6.07) is 58.0. The molecular weight excluding hydrogens is 653 g/mol. The Hall–Kier alpha value is -7.38. The average Bonchev–Trinajstić information content (AvgIpc) is 3.92. The molecule has 11 rings (SSSR count). The van der Waals surface area contributed by atoms with Gasteiger partial charge in [-0.15, -0.1) is 0 Å². The molecule has 7 aromatic carbocycles. The lowest BCUT2D eigenvalue weighted by molar-refractivity contribution is 0.620. The second-order valence-electron chi connectivity index (χ2n) is 13.1. The molecular formula is C46H28N6O. The lowest BCUT2D eigenvalue weighted by Crippen LogP contribution is -2.07. The lowest BCUT2D eigenvalue weighted by atomic mass is 10.1. The fraction of sp³-hybridized carbons (Fsp3) is 0. The summed E-state index contributed by atoms with van der Waals surface area (Å²) >= 11 is 0. The molecule has 0 fully saturated rings. The van der Waals surface area contributed by atoms with Gasteiger partial charge in [-0.05, 0) is 48.5 Å². The van der Waals surface area contributed by atoms with Crippen molar-refractivity contribution in [1.29, 1.82) is 0 Å². The molecule has 4 heterocycles. The number of rotatable bonds is 5. The van der Waals surface area contributed by atoms with Crippen LogP contribution in [0.25, 0.3) is 101 Å². The number of oxazole rings is 1. The van der Waals surface area contributed by atoms with E-state index in [0.717, 1.165) is 60.6 Å². The predicted octanol–water partition coefficient (Wildman–Crippen LogP) is 11.2. The van der Waals surface area contributed by atoms with E-state index in [2.05, 4.69) is 100 Å². The number of benzene rings is 7. The zero-order valence-corrected chi connectivity index (χ0v) is 28.3. The largest absolute Gasteiger partial charge is 0.436 e. The van der Waals surface area contributed by atoms with Gasteiger partial charge in [-0.2, -0.15) is 9.97 Å². The first-order valence-electron chi connectivity index (χ1n) is 17.6. The van der Waals surface area contributed by atoms with Gasteiger partial charge in [-0.3, -0.25) is 4.57 Å². The molecule has 7 heteroatoms. The molecule has 0 aliphatic carbocycles. The summed E-state index contributed by atoms with van der Waals surface area (Å²) in [7, 11) is 0. The Kier molecular flexibility index (Phi) is 6.42. The van der Waals surface area contributed by atoms with E-state index in [-0.39, 0.29) is 0 Å². The maximum absolute atomic E-state index is 6.29. The Morgan fingerprint density at radius 1 is 0.396 bits per heavy atom. The van der Waals surface area contributed by atoms with Crippen LogP contribution in [0, 0.1) is 0 Å². The smallest absolute Gasteiger partial charge is 0.238 e. The highest BCUT2D eigenvalue weighted by molar-refractivity contribution is 6.23. The number of fused-ring (bicyclic) bond motifs is 8. The van der Waals surface area contributed by atoms with Crippen LogP contribution in [-0.2, 0) is 0 Å². The number of hydrogen-bond donors (Lipinski definition) is 0. The van der Waals surface area contributed by atoms with Crippen LogP contribution >= 0.6 is 0 Å². The van der Waals surface area contributed by atoms with Gasteiger partial charge in [-0.25, -0.2) is 9.97 Å². The average molecular weight is 681 g/mol. The third kappa shape index (κ3) is 4.54. The molecule has 0 aliphatic heterocycles. The zero-order valence-electron chi connectivity index (χ0n) is 28.3. The molecule has 0 aliphatic rings. The number of hydrogen-bond acceptors (Lipinski definition) is 5. The summed E-state index contributed by atoms with van der Waals surface area (Å²) in [5, 5.41) is 4.56. The maximum atomic E-state index is 6.29. The van der Waals surface area contributed by atoms with Gasteiger partial charge >= 0.3 is 0 Å². The van der Waals surface area contributed by atoms with Gasteiger partial charge < -0.3 is 8.98 Å². The van der Waals surface area contributed by atoms with Crippen LogP contribution in [-0.4, -0.2) is 29.1 Å². The molecule has 0 amide bonds. The van der Waals surface area contributed by atoms with Gasteiger partial charge in [-0.1, -0.05) is 121 Å². The molecule has 11 aromatic rings. The third-order valence-electron chi connectivity index (χ3n) is 10.0. The molecule has 0 bridgehead atoms. The van der Waals surface area contributed by atoms with Crippen molar-refractivity contribution in [3.05, 3.63) is 170 Å². The monoisotopic (exact) mass is 680 g/mol. The third-order valence-corrected chi connectivity index (χ3v) is 10.0. The summed E-state index contributed by atoms with van der Waals surface area (Å²) in [6.07, 6.45) is 0. The van der Waals surface area contributed by atoms with Gasteiger partial charge in [0.2, 0.25) is 11.8 Å². The first kappa shape index (κ1) is 29.4. The second-order valence-corrected chi connectivity index (χ2v) is 13.1. The maximum Gasteiger partial charge on any atom is 0.238 e. The van der Waals surface area contributed by atoms with Crippen molar-refractivity contribution < 1.29 is 4.42 Å². The van der Waals surface area contributed by atoms with Gasteiger partial charge in [0.25, 0.3) is 0 Å². The molecule has 0 unspecified atom stereocenters. The first-order chi connectivity index (χ1) is 26.3. The zero-order chi connectivity index (χ0) is 34.9. The van der Waals surface area contributed by atoms with Crippen molar-refractivity contribution in [2.45, 2.75) is 0 Å². The van der Waals surface area contributed by atoms with Crippen LogP contribution in [0.5, 0.6) is 0 Å². The lowest BCUT2D eigenvalue weighted by Gasteiger charge is -2.13. The van der Waals surface area contributed by atoms with Crippen molar-refractivity contribution in [2.75, 3.05) is 0 Å². The molecule has 7 nitrogen and oxygen atoms in total. The summed E-state index contributed by atoms with van der Waals surface area (Å²) in [5.74, 6) is 2.13. The highest BCUT2D eigenvalue weighted by Gasteiger charge is 2.24. The minimum Gasteiger partial charge on any atom is -0.436 e. The van der Waals surface area contributed by atoms with E-state index in [1.165, 1.54) is 5.39 Å². The number of aromatic nitrogens is 6. The molecule has 0 spiro atoms. The van der Waals surface area contributed by atoms with Crippen molar-refractivity contribution >= 4 is 54.7 Å². The van der Waals surface area contributed by atoms with Crippen molar-refractivity contribution in [2.24, 2.45) is 0 Å². The Morgan fingerprint density at radius 2 is 0.962 bits per heavy atom. The highest BCUT2D eigenvalue weighted by atomic mass is 16.3. The first-order valence-corrected chi connectivity index (χ1v) is 17.6. The Balaban J connectivity index is 1.26. The quantitative estimate of drug-likeness (QED) is 0.181. The van der Waals surface area contributed by atoms with E-state index < -0.39 is 0 Å². The summed E-state index contributed by atoms with van der Waals surface area (Å²) < 4.78 is 10.9. The highest BCUT2D eigenvalue weighted by Crippen LogP contribution is 2.42. The van der Waals surface area contributed by atoms with Crippen LogP contribution in [0.15, 0.2) is 174 Å². The normalized spacial score (nSPS) is 11.8. The van der Waals surface area contributed by atoms with Crippen molar-refractivity contribution in [3.63, 3.8) is 0 Å². The molecule has 53 heavy (non-hydrogen) atoms. The summed E-state index contributed by atoms with van der Waals surface area (Å²) in [6.45, 7) is 0. The van der Waals surface area contributed by atoms with Crippen molar-refractivity contribution in [3.8, 4) is 45.9 Å². The fourth-order valence-corrected chi connectivity index (χ4v) is 7.69. The van der Waals surface area contributed by atoms with Gasteiger partial charge in [0.1, 0.15) is 5.52 Å². The van der Waals surface area contributed by atoms with E-state index in [1.54, 1.807) is 0 Å². The number of nitrogens with zero attached hydrogens (tertiary/aromatic N) is 6. The van der Waals surface area contributed by atoms with Gasteiger partial charge in [0.15, 0.2) is 17.2 Å². The van der Waals surface area contributed by atoms with E-state index in [1.807, 2.05) is 78.9 Å². The summed E-state index contributed by atoms with van der Waals surface area (Å²) in [5.41, 5.74) is 9.22. The van der Waals surface area contributed by atoms with E-state index in [4.69, 9.17) is 24.4 Å². The van der Waals surface area contributed by atoms with Crippen molar-refractivity contribution in [1.82, 2.24) is 29.1 Å². The number of para-hydroxylation sites is 4. The van der Waals surface area contributed by atoms with Crippen LogP contribution in [0.4, 0.5) is 0 Å².